The summed E-state index contributed by atoms with van der Waals surface area (Å²) in [5, 5.41) is 0. The molecule has 0 heterocycles. The second-order valence-electron chi connectivity index (χ2n) is 19.5. The average molecular weight is 964 g/mol. The summed E-state index contributed by atoms with van der Waals surface area (Å²) in [6, 6.07) is 0. The number of carbonyl (C=O) groups excluding carboxylic acids is 3. The molecule has 0 N–H and O–H groups in total. The minimum absolute atomic E-state index is 0.0799. The monoisotopic (exact) mass is 963 g/mol. The molecule has 0 rings (SSSR count). The highest BCUT2D eigenvalue weighted by atomic mass is 16.6. The van der Waals surface area contributed by atoms with E-state index in [0.29, 0.717) is 19.3 Å². The van der Waals surface area contributed by atoms with E-state index in [0.717, 1.165) is 103 Å². The fourth-order valence-corrected chi connectivity index (χ4v) is 8.29. The van der Waals surface area contributed by atoms with Crippen LogP contribution in [0.15, 0.2) is 72.9 Å². The maximum atomic E-state index is 12.8. The van der Waals surface area contributed by atoms with E-state index >= 15 is 0 Å². The van der Waals surface area contributed by atoms with Crippen molar-refractivity contribution >= 4 is 17.9 Å². The predicted molar refractivity (Wildman–Crippen MR) is 298 cm³/mol. The first-order valence-electron chi connectivity index (χ1n) is 29.4. The van der Waals surface area contributed by atoms with Crippen molar-refractivity contribution in [2.24, 2.45) is 0 Å². The van der Waals surface area contributed by atoms with E-state index in [-0.39, 0.29) is 31.1 Å². The van der Waals surface area contributed by atoms with Gasteiger partial charge in [-0.1, -0.05) is 254 Å². The SMILES string of the molecule is CC/C=C\C/C=C\C/C=C\CCCCCCCCCC(=O)OC(COC(=O)CCCCCCCCCC/C=C\C/C=C\C/C=C\CCCCCCC)COC(=O)CCCCCCCCCCCCC. The first-order valence-corrected chi connectivity index (χ1v) is 29.4. The zero-order chi connectivity index (χ0) is 50.0. The summed E-state index contributed by atoms with van der Waals surface area (Å²) in [5.74, 6) is -0.889. The van der Waals surface area contributed by atoms with Crippen molar-refractivity contribution in [2.75, 3.05) is 13.2 Å². The Morgan fingerprint density at radius 3 is 0.884 bits per heavy atom. The second kappa shape index (κ2) is 57.4. The van der Waals surface area contributed by atoms with Crippen molar-refractivity contribution < 1.29 is 28.6 Å². The highest BCUT2D eigenvalue weighted by Gasteiger charge is 2.19. The molecule has 0 amide bonds. The summed E-state index contributed by atoms with van der Waals surface area (Å²) >= 11 is 0. The van der Waals surface area contributed by atoms with Crippen LogP contribution < -0.4 is 0 Å². The van der Waals surface area contributed by atoms with Gasteiger partial charge in [-0.3, -0.25) is 14.4 Å². The molecule has 0 aliphatic rings. The number of esters is 3. The van der Waals surface area contributed by atoms with E-state index in [4.69, 9.17) is 14.2 Å². The summed E-state index contributed by atoms with van der Waals surface area (Å²) in [7, 11) is 0. The lowest BCUT2D eigenvalue weighted by Crippen LogP contribution is -2.30. The highest BCUT2D eigenvalue weighted by Crippen LogP contribution is 2.15. The molecule has 1 atom stereocenters. The molecule has 0 aliphatic heterocycles. The molecule has 0 radical (unpaired) electrons. The third-order valence-electron chi connectivity index (χ3n) is 12.7. The Morgan fingerprint density at radius 1 is 0.304 bits per heavy atom. The van der Waals surface area contributed by atoms with Crippen LogP contribution in [0.5, 0.6) is 0 Å². The Labute approximate surface area is 427 Å². The fourth-order valence-electron chi connectivity index (χ4n) is 8.29. The van der Waals surface area contributed by atoms with Gasteiger partial charge in [0.2, 0.25) is 0 Å². The van der Waals surface area contributed by atoms with Crippen molar-refractivity contribution in [2.45, 2.75) is 297 Å². The van der Waals surface area contributed by atoms with Crippen LogP contribution in [0.2, 0.25) is 0 Å². The topological polar surface area (TPSA) is 78.9 Å². The number of rotatable bonds is 53. The number of hydrogen-bond acceptors (Lipinski definition) is 6. The van der Waals surface area contributed by atoms with E-state index in [1.54, 1.807) is 0 Å². The molecule has 0 saturated heterocycles. The molecule has 0 bridgehead atoms. The van der Waals surface area contributed by atoms with Gasteiger partial charge in [0.25, 0.3) is 0 Å². The number of unbranched alkanes of at least 4 members (excludes halogenated alkanes) is 30. The lowest BCUT2D eigenvalue weighted by molar-refractivity contribution is -0.167. The summed E-state index contributed by atoms with van der Waals surface area (Å²) in [5.41, 5.74) is 0. The van der Waals surface area contributed by atoms with E-state index in [2.05, 4.69) is 93.7 Å². The van der Waals surface area contributed by atoms with Gasteiger partial charge in [-0.15, -0.1) is 0 Å². The Balaban J connectivity index is 4.32. The number of carbonyl (C=O) groups is 3. The Kier molecular flexibility index (Phi) is 54.8. The van der Waals surface area contributed by atoms with Gasteiger partial charge < -0.3 is 14.2 Å². The van der Waals surface area contributed by atoms with Gasteiger partial charge in [0, 0.05) is 19.3 Å². The summed E-state index contributed by atoms with van der Waals surface area (Å²) < 4.78 is 16.9. The van der Waals surface area contributed by atoms with Crippen LogP contribution in [0.4, 0.5) is 0 Å². The van der Waals surface area contributed by atoms with Gasteiger partial charge in [0.05, 0.1) is 0 Å². The number of allylic oxidation sites excluding steroid dienone is 12. The highest BCUT2D eigenvalue weighted by molar-refractivity contribution is 5.71. The van der Waals surface area contributed by atoms with Crippen LogP contribution in [0.3, 0.4) is 0 Å². The van der Waals surface area contributed by atoms with Gasteiger partial charge in [-0.2, -0.15) is 0 Å². The molecule has 0 saturated carbocycles. The van der Waals surface area contributed by atoms with Crippen LogP contribution in [0, 0.1) is 0 Å². The molecule has 0 aromatic rings. The molecule has 1 unspecified atom stereocenters. The molecule has 6 heteroatoms. The molecule has 0 fully saturated rings. The van der Waals surface area contributed by atoms with Gasteiger partial charge in [0.1, 0.15) is 13.2 Å². The standard InChI is InChI=1S/C63H110O6/c1-4-7-10-13-16-19-22-24-26-28-29-30-31-32-33-35-36-38-41-44-47-50-53-56-62(65)68-59-60(58-67-61(64)55-52-49-46-43-40-21-18-15-12-9-6-3)69-63(66)57-54-51-48-45-42-39-37-34-27-25-23-20-17-14-11-8-5-2/h8,11,17,20,22,24-25,27-29,31-32,60H,4-7,9-10,12-16,18-19,21,23,26,30,33-59H2,1-3H3/b11-8-,20-17-,24-22-,27-25-,29-28-,32-31-. The van der Waals surface area contributed by atoms with Gasteiger partial charge in [0.15, 0.2) is 6.10 Å². The zero-order valence-corrected chi connectivity index (χ0v) is 45.6. The molecule has 0 aromatic carbocycles. The first kappa shape index (κ1) is 65.8. The molecule has 69 heavy (non-hydrogen) atoms. The normalized spacial score (nSPS) is 12.6. The third kappa shape index (κ3) is 55.6. The minimum atomic E-state index is -0.782. The van der Waals surface area contributed by atoms with Crippen molar-refractivity contribution in [3.63, 3.8) is 0 Å². The fraction of sp³-hybridized carbons (Fsp3) is 0.762. The number of ether oxygens (including phenoxy) is 3. The summed E-state index contributed by atoms with van der Waals surface area (Å²) in [6.45, 7) is 6.52. The molecule has 6 nitrogen and oxygen atoms in total. The van der Waals surface area contributed by atoms with E-state index in [1.807, 2.05) is 0 Å². The van der Waals surface area contributed by atoms with E-state index in [1.165, 1.54) is 148 Å². The predicted octanol–water partition coefficient (Wildman–Crippen LogP) is 19.8. The molecule has 0 aliphatic carbocycles. The van der Waals surface area contributed by atoms with Crippen LogP contribution in [-0.4, -0.2) is 37.2 Å². The zero-order valence-electron chi connectivity index (χ0n) is 45.6. The Morgan fingerprint density at radius 2 is 0.565 bits per heavy atom. The quantitative estimate of drug-likeness (QED) is 0.0262. The smallest absolute Gasteiger partial charge is 0.306 e. The largest absolute Gasteiger partial charge is 0.462 e. The maximum absolute atomic E-state index is 12.8. The summed E-state index contributed by atoms with van der Waals surface area (Å²) in [6.07, 6.45) is 73.2. The minimum Gasteiger partial charge on any atom is -0.462 e. The van der Waals surface area contributed by atoms with E-state index in [9.17, 15) is 14.4 Å². The molecule has 398 valence electrons. The van der Waals surface area contributed by atoms with Gasteiger partial charge >= 0.3 is 17.9 Å². The van der Waals surface area contributed by atoms with Crippen molar-refractivity contribution in [3.8, 4) is 0 Å². The average Bonchev–Trinajstić information content (AvgIpc) is 3.35. The lowest BCUT2D eigenvalue weighted by atomic mass is 10.1. The van der Waals surface area contributed by atoms with E-state index < -0.39 is 6.10 Å². The van der Waals surface area contributed by atoms with Gasteiger partial charge in [-0.05, 0) is 89.9 Å². The van der Waals surface area contributed by atoms with Crippen molar-refractivity contribution in [3.05, 3.63) is 72.9 Å². The lowest BCUT2D eigenvalue weighted by Gasteiger charge is -2.18. The first-order chi connectivity index (χ1) is 34.0. The Hall–Kier alpha value is -3.15. The third-order valence-corrected chi connectivity index (χ3v) is 12.7. The Bertz CT molecular complexity index is 1290. The van der Waals surface area contributed by atoms with Crippen LogP contribution in [0.25, 0.3) is 0 Å². The molecule has 0 spiro atoms. The number of hydrogen-bond donors (Lipinski definition) is 0. The molecule has 0 aromatic heterocycles. The van der Waals surface area contributed by atoms with Crippen LogP contribution in [-0.2, 0) is 28.6 Å². The summed E-state index contributed by atoms with van der Waals surface area (Å²) in [4.78, 5) is 38.1. The van der Waals surface area contributed by atoms with Crippen LogP contribution in [0.1, 0.15) is 290 Å². The molecular formula is C63H110O6. The second-order valence-corrected chi connectivity index (χ2v) is 19.5. The van der Waals surface area contributed by atoms with Crippen molar-refractivity contribution in [1.82, 2.24) is 0 Å². The van der Waals surface area contributed by atoms with Crippen molar-refractivity contribution in [1.29, 1.82) is 0 Å². The molecular weight excluding hydrogens is 853 g/mol. The maximum Gasteiger partial charge on any atom is 0.306 e. The van der Waals surface area contributed by atoms with Gasteiger partial charge in [-0.25, -0.2) is 0 Å². The van der Waals surface area contributed by atoms with Crippen LogP contribution >= 0.6 is 0 Å².